The Bertz CT molecular complexity index is 1050. The number of nitrogens with one attached hydrogen (secondary N) is 2. The zero-order valence-electron chi connectivity index (χ0n) is 19.6. The van der Waals surface area contributed by atoms with Crippen molar-refractivity contribution in [3.63, 3.8) is 0 Å². The monoisotopic (exact) mass is 474 g/mol. The first kappa shape index (κ1) is 24.9. The molecule has 1 heterocycles. The van der Waals surface area contributed by atoms with E-state index in [0.29, 0.717) is 24.5 Å². The van der Waals surface area contributed by atoms with E-state index in [9.17, 15) is 13.2 Å². The van der Waals surface area contributed by atoms with E-state index in [4.69, 9.17) is 4.74 Å². The highest BCUT2D eigenvalue weighted by Crippen LogP contribution is 2.30. The number of amides is 1. The summed E-state index contributed by atoms with van der Waals surface area (Å²) in [5.74, 6) is 0.106. The van der Waals surface area contributed by atoms with Gasteiger partial charge in [-0.15, -0.1) is 0 Å². The van der Waals surface area contributed by atoms with Crippen molar-refractivity contribution in [1.29, 1.82) is 0 Å². The number of para-hydroxylation sites is 2. The summed E-state index contributed by atoms with van der Waals surface area (Å²) in [6.07, 6.45) is 3.59. The van der Waals surface area contributed by atoms with E-state index in [1.54, 1.807) is 19.9 Å². The van der Waals surface area contributed by atoms with Gasteiger partial charge in [-0.2, -0.15) is 4.31 Å². The van der Waals surface area contributed by atoms with Crippen molar-refractivity contribution >= 4 is 33.0 Å². The molecule has 0 bridgehead atoms. The van der Waals surface area contributed by atoms with Crippen molar-refractivity contribution in [3.8, 4) is 5.75 Å². The van der Waals surface area contributed by atoms with E-state index >= 15 is 0 Å². The summed E-state index contributed by atoms with van der Waals surface area (Å²) < 4.78 is 32.5. The van der Waals surface area contributed by atoms with Crippen molar-refractivity contribution in [1.82, 2.24) is 4.31 Å². The lowest BCUT2D eigenvalue weighted by Crippen LogP contribution is -2.31. The van der Waals surface area contributed by atoms with Crippen LogP contribution in [0.4, 0.5) is 17.1 Å². The second-order valence-electron chi connectivity index (χ2n) is 7.92. The van der Waals surface area contributed by atoms with Gasteiger partial charge in [-0.1, -0.05) is 26.0 Å². The van der Waals surface area contributed by atoms with Crippen LogP contribution in [-0.4, -0.2) is 58.5 Å². The maximum absolute atomic E-state index is 12.9. The Morgan fingerprint density at radius 3 is 2.39 bits per heavy atom. The normalized spacial score (nSPS) is 14.2. The number of rotatable bonds is 10. The van der Waals surface area contributed by atoms with Gasteiger partial charge in [0.15, 0.2) is 0 Å². The van der Waals surface area contributed by atoms with Gasteiger partial charge in [-0.05, 0) is 49.6 Å². The van der Waals surface area contributed by atoms with Crippen molar-refractivity contribution in [2.24, 2.45) is 0 Å². The molecule has 180 valence electrons. The van der Waals surface area contributed by atoms with Crippen molar-refractivity contribution in [3.05, 3.63) is 42.5 Å². The molecule has 2 N–H and O–H groups in total. The minimum atomic E-state index is -3.65. The molecule has 0 atom stereocenters. The summed E-state index contributed by atoms with van der Waals surface area (Å²) in [6.45, 7) is 6.38. The van der Waals surface area contributed by atoms with Gasteiger partial charge in [0.2, 0.25) is 15.9 Å². The molecule has 0 aromatic heterocycles. The maximum atomic E-state index is 12.9. The van der Waals surface area contributed by atoms with Gasteiger partial charge < -0.3 is 20.3 Å². The van der Waals surface area contributed by atoms with Crippen LogP contribution in [0.2, 0.25) is 0 Å². The second-order valence-corrected chi connectivity index (χ2v) is 9.86. The third kappa shape index (κ3) is 5.97. The number of hydrogen-bond acceptors (Lipinski definition) is 6. The van der Waals surface area contributed by atoms with Crippen LogP contribution in [0.15, 0.2) is 47.4 Å². The van der Waals surface area contributed by atoms with Crippen LogP contribution in [0.3, 0.4) is 0 Å². The number of piperidine rings is 1. The minimum Gasteiger partial charge on any atom is -0.495 e. The van der Waals surface area contributed by atoms with Gasteiger partial charge in [0.05, 0.1) is 35.6 Å². The molecule has 2 aromatic carbocycles. The fraction of sp³-hybridized carbons (Fsp3) is 0.458. The van der Waals surface area contributed by atoms with E-state index < -0.39 is 10.0 Å². The lowest BCUT2D eigenvalue weighted by atomic mass is 10.1. The molecule has 1 fully saturated rings. The third-order valence-electron chi connectivity index (χ3n) is 5.83. The van der Waals surface area contributed by atoms with E-state index in [2.05, 4.69) is 21.6 Å². The van der Waals surface area contributed by atoms with Crippen LogP contribution in [0.1, 0.15) is 33.1 Å². The molecule has 9 heteroatoms. The molecule has 2 aromatic rings. The van der Waals surface area contributed by atoms with Crippen LogP contribution < -0.4 is 20.3 Å². The van der Waals surface area contributed by atoms with Crippen molar-refractivity contribution < 1.29 is 17.9 Å². The summed E-state index contributed by atoms with van der Waals surface area (Å²) in [5.41, 5.74) is 2.32. The molecular formula is C24H34N4O4S. The molecule has 1 aliphatic rings. The maximum Gasteiger partial charge on any atom is 0.243 e. The molecule has 1 saturated heterocycles. The molecule has 0 saturated carbocycles. The first-order valence-electron chi connectivity index (χ1n) is 11.5. The molecule has 8 nitrogen and oxygen atoms in total. The fourth-order valence-electron chi connectivity index (χ4n) is 4.06. The molecule has 1 aliphatic heterocycles. The van der Waals surface area contributed by atoms with E-state index in [1.807, 2.05) is 18.2 Å². The van der Waals surface area contributed by atoms with Crippen molar-refractivity contribution in [2.75, 3.05) is 55.4 Å². The average Bonchev–Trinajstić information content (AvgIpc) is 2.84. The molecule has 0 spiro atoms. The summed E-state index contributed by atoms with van der Waals surface area (Å²) in [7, 11) is -2.17. The van der Waals surface area contributed by atoms with Crippen LogP contribution in [-0.2, 0) is 14.8 Å². The Morgan fingerprint density at radius 1 is 1.03 bits per heavy atom. The predicted molar refractivity (Wildman–Crippen MR) is 133 cm³/mol. The van der Waals surface area contributed by atoms with Gasteiger partial charge in [0.1, 0.15) is 5.75 Å². The Morgan fingerprint density at radius 2 is 1.73 bits per heavy atom. The lowest BCUT2D eigenvalue weighted by Gasteiger charge is -2.30. The van der Waals surface area contributed by atoms with Gasteiger partial charge >= 0.3 is 0 Å². The number of anilines is 3. The molecule has 1 amide bonds. The molecule has 3 rings (SSSR count). The van der Waals surface area contributed by atoms with Gasteiger partial charge in [-0.25, -0.2) is 8.42 Å². The summed E-state index contributed by atoms with van der Waals surface area (Å²) in [4.78, 5) is 15.2. The number of benzene rings is 2. The number of sulfonamides is 1. The number of carbonyl (C=O) groups excluding carboxylic acids is 1. The summed E-state index contributed by atoms with van der Waals surface area (Å²) >= 11 is 0. The Balaban J connectivity index is 1.73. The number of nitrogens with zero attached hydrogens (tertiary/aromatic N) is 2. The van der Waals surface area contributed by atoms with E-state index in [1.165, 1.54) is 42.8 Å². The molecule has 33 heavy (non-hydrogen) atoms. The van der Waals surface area contributed by atoms with Crippen LogP contribution >= 0.6 is 0 Å². The number of methoxy groups -OCH3 is 1. The zero-order valence-corrected chi connectivity index (χ0v) is 20.5. The van der Waals surface area contributed by atoms with Gasteiger partial charge in [-0.3, -0.25) is 4.79 Å². The Hall–Kier alpha value is -2.78. The number of carbonyl (C=O) groups is 1. The van der Waals surface area contributed by atoms with Crippen LogP contribution in [0.5, 0.6) is 5.75 Å². The topological polar surface area (TPSA) is 91.0 Å². The minimum absolute atomic E-state index is 0.0427. The van der Waals surface area contributed by atoms with Gasteiger partial charge in [0, 0.05) is 26.2 Å². The molecule has 0 aliphatic carbocycles. The van der Waals surface area contributed by atoms with E-state index in [-0.39, 0.29) is 17.3 Å². The Labute approximate surface area is 197 Å². The molecule has 0 radical (unpaired) electrons. The highest BCUT2D eigenvalue weighted by molar-refractivity contribution is 7.89. The van der Waals surface area contributed by atoms with Gasteiger partial charge in [0.25, 0.3) is 0 Å². The smallest absolute Gasteiger partial charge is 0.243 e. The first-order chi connectivity index (χ1) is 15.9. The van der Waals surface area contributed by atoms with Crippen LogP contribution in [0, 0.1) is 0 Å². The third-order valence-corrected chi connectivity index (χ3v) is 7.87. The number of ether oxygens (including phenoxy) is 1. The average molecular weight is 475 g/mol. The quantitative estimate of drug-likeness (QED) is 0.545. The van der Waals surface area contributed by atoms with Crippen molar-refractivity contribution in [2.45, 2.75) is 38.0 Å². The SMILES string of the molecule is CCN(CC)S(=O)(=O)c1ccc(OC)c(NC(=O)CNc2ccccc2N2CCCCC2)c1. The Kier molecular flexibility index (Phi) is 8.57. The second kappa shape index (κ2) is 11.4. The van der Waals surface area contributed by atoms with E-state index in [0.717, 1.165) is 24.5 Å². The molecular weight excluding hydrogens is 440 g/mol. The lowest BCUT2D eigenvalue weighted by molar-refractivity contribution is -0.114. The zero-order chi connectivity index (χ0) is 23.8. The summed E-state index contributed by atoms with van der Waals surface area (Å²) in [6, 6.07) is 12.5. The fourth-order valence-corrected chi connectivity index (χ4v) is 5.55. The molecule has 0 unspecified atom stereocenters. The standard InChI is InChI=1S/C24H34N4O4S/c1-4-28(5-2)33(30,31)19-13-14-23(32-3)21(17-19)26-24(29)18-25-20-11-7-8-12-22(20)27-15-9-6-10-16-27/h7-8,11-14,17,25H,4-6,9-10,15-16,18H2,1-3H3,(H,26,29). The van der Waals surface area contributed by atoms with Crippen LogP contribution in [0.25, 0.3) is 0 Å². The highest BCUT2D eigenvalue weighted by Gasteiger charge is 2.23. The highest BCUT2D eigenvalue weighted by atomic mass is 32.2. The summed E-state index contributed by atoms with van der Waals surface area (Å²) in [5, 5.41) is 6.02. The first-order valence-corrected chi connectivity index (χ1v) is 12.9. The predicted octanol–water partition coefficient (Wildman–Crippen LogP) is 3.77. The number of hydrogen-bond donors (Lipinski definition) is 2. The largest absolute Gasteiger partial charge is 0.495 e.